The standard InChI is InChI=1S/C28H30ClN3O5S/c1-19-22(29)9-7-11-27(19)38(33,34)31-24-17-21-8-5-6-10-23(21)30-28(24)37-18-20-12-13-25(35-4)26(16-20)36-15-14-32(2)3/h5-13,16-17,31H,14-15,18H2,1-4H3. The summed E-state index contributed by atoms with van der Waals surface area (Å²) in [4.78, 5) is 6.70. The van der Waals surface area contributed by atoms with E-state index in [-0.39, 0.29) is 23.1 Å². The molecule has 0 amide bonds. The molecule has 0 spiro atoms. The summed E-state index contributed by atoms with van der Waals surface area (Å²) in [6.07, 6.45) is 0. The van der Waals surface area contributed by atoms with Crippen LogP contribution in [-0.2, 0) is 16.6 Å². The lowest BCUT2D eigenvalue weighted by molar-refractivity contribution is 0.249. The van der Waals surface area contributed by atoms with Gasteiger partial charge < -0.3 is 19.1 Å². The molecule has 4 rings (SSSR count). The average Bonchev–Trinajstić information content (AvgIpc) is 2.88. The van der Waals surface area contributed by atoms with E-state index in [1.54, 1.807) is 32.2 Å². The molecule has 0 aliphatic carbocycles. The number of anilines is 1. The lowest BCUT2D eigenvalue weighted by Crippen LogP contribution is -2.19. The van der Waals surface area contributed by atoms with Crippen LogP contribution in [0.2, 0.25) is 5.02 Å². The second-order valence-corrected chi connectivity index (χ2v) is 11.0. The van der Waals surface area contributed by atoms with Gasteiger partial charge in [0.25, 0.3) is 10.0 Å². The summed E-state index contributed by atoms with van der Waals surface area (Å²) in [7, 11) is 1.56. The molecule has 0 atom stereocenters. The number of sulfonamides is 1. The minimum atomic E-state index is -3.97. The molecule has 3 aromatic carbocycles. The summed E-state index contributed by atoms with van der Waals surface area (Å²) in [6, 6.07) is 19.4. The lowest BCUT2D eigenvalue weighted by atomic mass is 10.2. The van der Waals surface area contributed by atoms with Crippen molar-refractivity contribution in [2.24, 2.45) is 0 Å². The normalized spacial score (nSPS) is 11.5. The van der Waals surface area contributed by atoms with Gasteiger partial charge in [0.15, 0.2) is 11.5 Å². The van der Waals surface area contributed by atoms with Crippen LogP contribution in [0.1, 0.15) is 11.1 Å². The second-order valence-electron chi connectivity index (χ2n) is 8.93. The number of hydrogen-bond donors (Lipinski definition) is 1. The van der Waals surface area contributed by atoms with E-state index in [2.05, 4.69) is 9.71 Å². The van der Waals surface area contributed by atoms with Crippen LogP contribution in [0.3, 0.4) is 0 Å². The van der Waals surface area contributed by atoms with Crippen LogP contribution in [-0.4, -0.2) is 52.7 Å². The number of fused-ring (bicyclic) bond motifs is 1. The fraction of sp³-hybridized carbons (Fsp3) is 0.250. The molecule has 1 aromatic heterocycles. The maximum atomic E-state index is 13.3. The maximum absolute atomic E-state index is 13.3. The molecule has 1 N–H and O–H groups in total. The van der Waals surface area contributed by atoms with Gasteiger partial charge in [-0.15, -0.1) is 0 Å². The summed E-state index contributed by atoms with van der Waals surface area (Å²) in [5.41, 5.74) is 2.16. The fourth-order valence-electron chi connectivity index (χ4n) is 3.77. The van der Waals surface area contributed by atoms with Crippen molar-refractivity contribution in [2.75, 3.05) is 39.1 Å². The predicted octanol–water partition coefficient (Wildman–Crippen LogP) is 5.53. The summed E-state index contributed by atoms with van der Waals surface area (Å²) in [5, 5.41) is 1.13. The molecule has 8 nitrogen and oxygen atoms in total. The number of rotatable bonds is 11. The van der Waals surface area contributed by atoms with Crippen LogP contribution in [0.25, 0.3) is 10.9 Å². The number of likely N-dealkylation sites (N-methyl/N-ethyl adjacent to an activating group) is 1. The van der Waals surface area contributed by atoms with Crippen molar-refractivity contribution in [1.29, 1.82) is 0 Å². The topological polar surface area (TPSA) is 90.0 Å². The minimum Gasteiger partial charge on any atom is -0.493 e. The van der Waals surface area contributed by atoms with Gasteiger partial charge in [-0.3, -0.25) is 4.72 Å². The van der Waals surface area contributed by atoms with Crippen LogP contribution in [0, 0.1) is 6.92 Å². The van der Waals surface area contributed by atoms with Gasteiger partial charge in [-0.05, 0) is 68.5 Å². The zero-order valence-electron chi connectivity index (χ0n) is 21.7. The maximum Gasteiger partial charge on any atom is 0.262 e. The Bertz CT molecular complexity index is 1540. The van der Waals surface area contributed by atoms with Crippen LogP contribution in [0.15, 0.2) is 71.6 Å². The predicted molar refractivity (Wildman–Crippen MR) is 150 cm³/mol. The van der Waals surface area contributed by atoms with Gasteiger partial charge in [-0.1, -0.05) is 41.9 Å². The van der Waals surface area contributed by atoms with E-state index in [1.807, 2.05) is 61.5 Å². The molecule has 200 valence electrons. The Hall–Kier alpha value is -3.53. The van der Waals surface area contributed by atoms with E-state index in [4.69, 9.17) is 25.8 Å². The number of nitrogens with zero attached hydrogens (tertiary/aromatic N) is 2. The molecular weight excluding hydrogens is 526 g/mol. The molecule has 4 aromatic rings. The Morgan fingerprint density at radius 1 is 0.974 bits per heavy atom. The molecule has 1 heterocycles. The number of benzene rings is 3. The largest absolute Gasteiger partial charge is 0.493 e. The van der Waals surface area contributed by atoms with Crippen LogP contribution in [0.5, 0.6) is 17.4 Å². The zero-order chi connectivity index (χ0) is 27.3. The monoisotopic (exact) mass is 555 g/mol. The molecule has 0 unspecified atom stereocenters. The highest BCUT2D eigenvalue weighted by atomic mass is 35.5. The lowest BCUT2D eigenvalue weighted by Gasteiger charge is -2.16. The fourth-order valence-corrected chi connectivity index (χ4v) is 5.32. The molecule has 10 heteroatoms. The van der Waals surface area contributed by atoms with Gasteiger partial charge in [0.2, 0.25) is 5.88 Å². The first-order chi connectivity index (χ1) is 18.2. The summed E-state index contributed by atoms with van der Waals surface area (Å²) in [5.74, 6) is 1.36. The molecule has 0 fully saturated rings. The van der Waals surface area contributed by atoms with Gasteiger partial charge >= 0.3 is 0 Å². The van der Waals surface area contributed by atoms with Gasteiger partial charge in [0.1, 0.15) is 18.9 Å². The van der Waals surface area contributed by atoms with Crippen LogP contribution >= 0.6 is 11.6 Å². The molecule has 0 radical (unpaired) electrons. The van der Waals surface area contributed by atoms with E-state index < -0.39 is 10.0 Å². The highest BCUT2D eigenvalue weighted by Gasteiger charge is 2.21. The van der Waals surface area contributed by atoms with Crippen molar-refractivity contribution >= 4 is 38.2 Å². The Kier molecular flexibility index (Phi) is 8.61. The van der Waals surface area contributed by atoms with E-state index in [9.17, 15) is 8.42 Å². The third-order valence-corrected chi connectivity index (χ3v) is 7.76. The number of pyridine rings is 1. The molecule has 0 saturated carbocycles. The summed E-state index contributed by atoms with van der Waals surface area (Å²) < 4.78 is 46.7. The molecular formula is C28H30ClN3O5S. The van der Waals surface area contributed by atoms with Crippen molar-refractivity contribution in [3.63, 3.8) is 0 Å². The molecule has 38 heavy (non-hydrogen) atoms. The van der Waals surface area contributed by atoms with Crippen molar-refractivity contribution in [3.05, 3.63) is 82.9 Å². The Labute approximate surface area is 228 Å². The van der Waals surface area contributed by atoms with E-state index in [0.717, 1.165) is 17.5 Å². The van der Waals surface area contributed by atoms with Gasteiger partial charge in [-0.25, -0.2) is 13.4 Å². The highest BCUT2D eigenvalue weighted by molar-refractivity contribution is 7.92. The number of ether oxygens (including phenoxy) is 3. The van der Waals surface area contributed by atoms with E-state index >= 15 is 0 Å². The van der Waals surface area contributed by atoms with Crippen LogP contribution in [0.4, 0.5) is 5.69 Å². The first kappa shape index (κ1) is 27.5. The summed E-state index contributed by atoms with van der Waals surface area (Å²) in [6.45, 7) is 3.04. The Morgan fingerprint density at radius 2 is 1.76 bits per heavy atom. The molecule has 0 aliphatic heterocycles. The highest BCUT2D eigenvalue weighted by Crippen LogP contribution is 2.33. The van der Waals surface area contributed by atoms with Crippen molar-refractivity contribution < 1.29 is 22.6 Å². The Morgan fingerprint density at radius 3 is 2.53 bits per heavy atom. The summed E-state index contributed by atoms with van der Waals surface area (Å²) >= 11 is 6.18. The van der Waals surface area contributed by atoms with Crippen molar-refractivity contribution in [2.45, 2.75) is 18.4 Å². The number of nitrogens with one attached hydrogen (secondary N) is 1. The van der Waals surface area contributed by atoms with Gasteiger partial charge in [-0.2, -0.15) is 0 Å². The SMILES string of the molecule is COc1ccc(COc2nc3ccccc3cc2NS(=O)(=O)c2cccc(Cl)c2C)cc1OCCN(C)C. The van der Waals surface area contributed by atoms with Crippen LogP contribution < -0.4 is 18.9 Å². The average molecular weight is 556 g/mol. The van der Waals surface area contributed by atoms with E-state index in [1.165, 1.54) is 6.07 Å². The third-order valence-electron chi connectivity index (χ3n) is 5.84. The second kappa shape index (κ2) is 11.9. The van der Waals surface area contributed by atoms with Gasteiger partial charge in [0, 0.05) is 17.0 Å². The quantitative estimate of drug-likeness (QED) is 0.260. The minimum absolute atomic E-state index is 0.0822. The number of aromatic nitrogens is 1. The first-order valence-electron chi connectivity index (χ1n) is 11.9. The Balaban J connectivity index is 1.63. The molecule has 0 aliphatic rings. The van der Waals surface area contributed by atoms with Gasteiger partial charge in [0.05, 0.1) is 17.5 Å². The van der Waals surface area contributed by atoms with Crippen molar-refractivity contribution in [1.82, 2.24) is 9.88 Å². The smallest absolute Gasteiger partial charge is 0.262 e. The zero-order valence-corrected chi connectivity index (χ0v) is 23.3. The number of methoxy groups -OCH3 is 1. The first-order valence-corrected chi connectivity index (χ1v) is 13.8. The van der Waals surface area contributed by atoms with Crippen molar-refractivity contribution in [3.8, 4) is 17.4 Å². The molecule has 0 saturated heterocycles. The van der Waals surface area contributed by atoms with E-state index in [0.29, 0.717) is 34.2 Å². The number of hydrogen-bond acceptors (Lipinski definition) is 7. The third kappa shape index (κ3) is 6.48. The number of para-hydroxylation sites is 1. The number of halogens is 1. The molecule has 0 bridgehead atoms.